The van der Waals surface area contributed by atoms with E-state index in [2.05, 4.69) is 54.6 Å². The highest BCUT2D eigenvalue weighted by molar-refractivity contribution is 6.74. The molecule has 20 heavy (non-hydrogen) atoms. The SMILES string of the molecule is CC1(C)[C@@H](O[Si](C)(C)C(C)(C)C)CC[C@]2(C)OCC[C@@H]12. The third-order valence-corrected chi connectivity index (χ3v) is 10.9. The number of fused-ring (bicyclic) bond motifs is 1. The van der Waals surface area contributed by atoms with Gasteiger partial charge in [0.1, 0.15) is 0 Å². The molecule has 2 rings (SSSR count). The van der Waals surface area contributed by atoms with Gasteiger partial charge in [-0.15, -0.1) is 0 Å². The standard InChI is InChI=1S/C17H34O2Si/c1-15(2,3)20(7,8)19-14-9-11-17(6)13(10-12-18-17)16(14,4)5/h13-14H,9-12H2,1-8H3/t13-,14-,17-/m0/s1. The van der Waals surface area contributed by atoms with E-state index in [1.807, 2.05) is 0 Å². The van der Waals surface area contributed by atoms with Gasteiger partial charge in [-0.1, -0.05) is 34.6 Å². The molecule has 1 aliphatic carbocycles. The lowest BCUT2D eigenvalue weighted by Crippen LogP contribution is -2.56. The molecule has 0 aromatic carbocycles. The second-order valence-corrected chi connectivity index (χ2v) is 14.0. The van der Waals surface area contributed by atoms with Crippen LogP contribution in [0.3, 0.4) is 0 Å². The molecule has 2 aliphatic rings. The molecule has 0 radical (unpaired) electrons. The maximum Gasteiger partial charge on any atom is 0.192 e. The molecule has 3 heteroatoms. The Hall–Kier alpha value is 0.137. The van der Waals surface area contributed by atoms with Crippen molar-refractivity contribution in [3.8, 4) is 0 Å². The van der Waals surface area contributed by atoms with Gasteiger partial charge in [0.15, 0.2) is 8.32 Å². The van der Waals surface area contributed by atoms with Crippen LogP contribution in [0.5, 0.6) is 0 Å². The minimum absolute atomic E-state index is 0.0940. The molecule has 0 spiro atoms. The zero-order chi connectivity index (χ0) is 15.4. The fraction of sp³-hybridized carbons (Fsp3) is 1.00. The highest BCUT2D eigenvalue weighted by atomic mass is 28.4. The summed E-state index contributed by atoms with van der Waals surface area (Å²) in [5.74, 6) is 0.638. The first-order valence-corrected chi connectivity index (χ1v) is 11.1. The van der Waals surface area contributed by atoms with Crippen LogP contribution in [0, 0.1) is 11.3 Å². The van der Waals surface area contributed by atoms with Crippen LogP contribution in [0.15, 0.2) is 0 Å². The predicted molar refractivity (Wildman–Crippen MR) is 87.5 cm³/mol. The quantitative estimate of drug-likeness (QED) is 0.668. The topological polar surface area (TPSA) is 18.5 Å². The van der Waals surface area contributed by atoms with Gasteiger partial charge in [-0.05, 0) is 55.7 Å². The van der Waals surface area contributed by atoms with Gasteiger partial charge >= 0.3 is 0 Å². The van der Waals surface area contributed by atoms with Crippen LogP contribution in [0.4, 0.5) is 0 Å². The number of rotatable bonds is 2. The molecule has 0 bridgehead atoms. The minimum Gasteiger partial charge on any atom is -0.413 e. The Morgan fingerprint density at radius 3 is 2.25 bits per heavy atom. The summed E-state index contributed by atoms with van der Waals surface area (Å²) < 4.78 is 12.9. The first kappa shape index (κ1) is 16.5. The normalized spacial score (nSPS) is 37.8. The predicted octanol–water partition coefficient (Wildman–Crippen LogP) is 4.99. The highest BCUT2D eigenvalue weighted by Crippen LogP contribution is 2.55. The summed E-state index contributed by atoms with van der Waals surface area (Å²) in [7, 11) is -1.69. The lowest BCUT2D eigenvalue weighted by molar-refractivity contribution is -0.118. The maximum atomic E-state index is 6.80. The van der Waals surface area contributed by atoms with Crippen LogP contribution in [-0.4, -0.2) is 26.6 Å². The van der Waals surface area contributed by atoms with Crippen molar-refractivity contribution in [1.82, 2.24) is 0 Å². The number of hydrogen-bond donors (Lipinski definition) is 0. The van der Waals surface area contributed by atoms with Crippen molar-refractivity contribution in [2.24, 2.45) is 11.3 Å². The second-order valence-electron chi connectivity index (χ2n) is 9.23. The van der Waals surface area contributed by atoms with Gasteiger partial charge in [0, 0.05) is 6.61 Å². The smallest absolute Gasteiger partial charge is 0.192 e. The summed E-state index contributed by atoms with van der Waals surface area (Å²) in [5.41, 5.74) is 0.315. The fourth-order valence-corrected chi connectivity index (χ4v) is 5.46. The van der Waals surface area contributed by atoms with E-state index in [9.17, 15) is 0 Å². The van der Waals surface area contributed by atoms with E-state index in [1.165, 1.54) is 6.42 Å². The van der Waals surface area contributed by atoms with Crippen LogP contribution in [0.2, 0.25) is 18.1 Å². The van der Waals surface area contributed by atoms with Crippen molar-refractivity contribution in [1.29, 1.82) is 0 Å². The van der Waals surface area contributed by atoms with Crippen LogP contribution in [0.1, 0.15) is 60.8 Å². The molecule has 1 aliphatic heterocycles. The van der Waals surface area contributed by atoms with Crippen molar-refractivity contribution in [2.75, 3.05) is 6.61 Å². The fourth-order valence-electron chi connectivity index (χ4n) is 3.98. The summed E-state index contributed by atoms with van der Waals surface area (Å²) in [6.45, 7) is 19.8. The Morgan fingerprint density at radius 1 is 1.10 bits per heavy atom. The largest absolute Gasteiger partial charge is 0.413 e. The molecular weight excluding hydrogens is 264 g/mol. The minimum atomic E-state index is -1.69. The lowest BCUT2D eigenvalue weighted by atomic mass is 9.60. The Balaban J connectivity index is 2.19. The molecule has 2 nitrogen and oxygen atoms in total. The Labute approximate surface area is 126 Å². The first-order valence-electron chi connectivity index (χ1n) is 8.22. The Kier molecular flexibility index (Phi) is 3.98. The van der Waals surface area contributed by atoms with E-state index in [1.54, 1.807) is 0 Å². The molecular formula is C17H34O2Si. The van der Waals surface area contributed by atoms with Crippen LogP contribution in [-0.2, 0) is 9.16 Å². The molecule has 118 valence electrons. The van der Waals surface area contributed by atoms with Gasteiger partial charge in [-0.25, -0.2) is 0 Å². The van der Waals surface area contributed by atoms with Gasteiger partial charge in [-0.2, -0.15) is 0 Å². The average Bonchev–Trinajstić information content (AvgIpc) is 2.65. The molecule has 0 aromatic rings. The van der Waals surface area contributed by atoms with Gasteiger partial charge in [-0.3, -0.25) is 0 Å². The number of ether oxygens (including phenoxy) is 1. The van der Waals surface area contributed by atoms with E-state index in [0.717, 1.165) is 19.4 Å². The molecule has 1 saturated carbocycles. The van der Waals surface area contributed by atoms with Crippen LogP contribution in [0.25, 0.3) is 0 Å². The molecule has 0 N–H and O–H groups in total. The summed E-state index contributed by atoms with van der Waals surface area (Å²) in [6, 6.07) is 0. The van der Waals surface area contributed by atoms with Crippen molar-refractivity contribution < 1.29 is 9.16 Å². The summed E-state index contributed by atoms with van der Waals surface area (Å²) in [4.78, 5) is 0. The third-order valence-electron chi connectivity index (χ3n) is 6.45. The van der Waals surface area contributed by atoms with E-state index < -0.39 is 8.32 Å². The average molecular weight is 299 g/mol. The number of hydrogen-bond acceptors (Lipinski definition) is 2. The molecule has 0 aromatic heterocycles. The van der Waals surface area contributed by atoms with Crippen molar-refractivity contribution in [3.05, 3.63) is 0 Å². The molecule has 1 heterocycles. The zero-order valence-corrected chi connectivity index (χ0v) is 15.8. The first-order chi connectivity index (χ1) is 8.90. The van der Waals surface area contributed by atoms with Gasteiger partial charge in [0.25, 0.3) is 0 Å². The van der Waals surface area contributed by atoms with Gasteiger partial charge in [0.05, 0.1) is 11.7 Å². The van der Waals surface area contributed by atoms with Gasteiger partial charge in [0.2, 0.25) is 0 Å². The van der Waals surface area contributed by atoms with E-state index >= 15 is 0 Å². The zero-order valence-electron chi connectivity index (χ0n) is 14.8. The Bertz CT molecular complexity index is 370. The highest BCUT2D eigenvalue weighted by Gasteiger charge is 2.56. The van der Waals surface area contributed by atoms with E-state index in [0.29, 0.717) is 12.0 Å². The summed E-state index contributed by atoms with van der Waals surface area (Å²) >= 11 is 0. The Morgan fingerprint density at radius 2 is 1.70 bits per heavy atom. The monoisotopic (exact) mass is 298 g/mol. The van der Waals surface area contributed by atoms with Gasteiger partial charge < -0.3 is 9.16 Å². The third kappa shape index (κ3) is 2.61. The van der Waals surface area contributed by atoms with Crippen LogP contribution >= 0.6 is 0 Å². The molecule has 2 fully saturated rings. The molecule has 0 amide bonds. The van der Waals surface area contributed by atoms with Crippen molar-refractivity contribution in [3.63, 3.8) is 0 Å². The molecule has 0 unspecified atom stereocenters. The second kappa shape index (κ2) is 4.82. The van der Waals surface area contributed by atoms with Crippen LogP contribution < -0.4 is 0 Å². The maximum absolute atomic E-state index is 6.80. The van der Waals surface area contributed by atoms with Crippen molar-refractivity contribution >= 4 is 8.32 Å². The van der Waals surface area contributed by atoms with E-state index in [4.69, 9.17) is 9.16 Å². The summed E-state index contributed by atoms with van der Waals surface area (Å²) in [6.07, 6.45) is 3.89. The van der Waals surface area contributed by atoms with E-state index in [-0.39, 0.29) is 16.1 Å². The summed E-state index contributed by atoms with van der Waals surface area (Å²) in [5, 5.41) is 0.288. The molecule has 1 saturated heterocycles. The lowest BCUT2D eigenvalue weighted by Gasteiger charge is -2.53. The van der Waals surface area contributed by atoms with Crippen molar-refractivity contribution in [2.45, 2.75) is 90.6 Å². The molecule has 3 atom stereocenters.